The van der Waals surface area contributed by atoms with E-state index < -0.39 is 0 Å². The molecule has 2 heterocycles. The molecular weight excluding hydrogens is 334 g/mol. The molecule has 2 amide bonds. The van der Waals surface area contributed by atoms with Crippen LogP contribution in [0.2, 0.25) is 5.02 Å². The van der Waals surface area contributed by atoms with Crippen molar-refractivity contribution in [2.45, 2.75) is 12.8 Å². The summed E-state index contributed by atoms with van der Waals surface area (Å²) in [5.74, 6) is 0.440. The summed E-state index contributed by atoms with van der Waals surface area (Å²) >= 11 is 6.19. The second kappa shape index (κ2) is 7.27. The Kier molecular flexibility index (Phi) is 5.11. The third kappa shape index (κ3) is 3.91. The van der Waals surface area contributed by atoms with Gasteiger partial charge in [0, 0.05) is 18.7 Å². The first-order chi connectivity index (χ1) is 11.5. The molecule has 0 spiro atoms. The minimum absolute atomic E-state index is 0.189. The summed E-state index contributed by atoms with van der Waals surface area (Å²) in [4.78, 5) is 25.5. The van der Waals surface area contributed by atoms with Crippen LogP contribution in [0.25, 0.3) is 0 Å². The van der Waals surface area contributed by atoms with Gasteiger partial charge in [-0.2, -0.15) is 0 Å². The summed E-state index contributed by atoms with van der Waals surface area (Å²) in [6, 6.07) is 3.30. The molecule has 0 bridgehead atoms. The normalized spacial score (nSPS) is 20.5. The smallest absolute Gasteiger partial charge is 0.238 e. The van der Waals surface area contributed by atoms with Gasteiger partial charge in [-0.3, -0.25) is 14.5 Å². The van der Waals surface area contributed by atoms with Crippen LogP contribution < -0.4 is 20.5 Å². The van der Waals surface area contributed by atoms with Crippen LogP contribution in [-0.4, -0.2) is 49.6 Å². The molecule has 1 saturated heterocycles. The molecule has 2 aliphatic rings. The van der Waals surface area contributed by atoms with Crippen molar-refractivity contribution >= 4 is 29.1 Å². The van der Waals surface area contributed by atoms with Crippen LogP contribution in [0.4, 0.5) is 5.69 Å². The van der Waals surface area contributed by atoms with E-state index in [4.69, 9.17) is 26.8 Å². The molecule has 7 nitrogen and oxygen atoms in total. The van der Waals surface area contributed by atoms with Crippen molar-refractivity contribution in [2.75, 3.05) is 38.2 Å². The maximum absolute atomic E-state index is 12.3. The molecule has 24 heavy (non-hydrogen) atoms. The summed E-state index contributed by atoms with van der Waals surface area (Å²) < 4.78 is 10.9. The number of ether oxygens (including phenoxy) is 2. The number of primary amides is 1. The molecular formula is C16H20ClN3O4. The SMILES string of the molecule is NC(=O)C1CCCN(CC(=O)Nc2cc3c(cc2Cl)OCCO3)C1. The highest BCUT2D eigenvalue weighted by Crippen LogP contribution is 2.37. The number of nitrogens with one attached hydrogen (secondary N) is 1. The van der Waals surface area contributed by atoms with Crippen LogP contribution in [-0.2, 0) is 9.59 Å². The highest BCUT2D eigenvalue weighted by atomic mass is 35.5. The van der Waals surface area contributed by atoms with Crippen molar-refractivity contribution in [3.05, 3.63) is 17.2 Å². The van der Waals surface area contributed by atoms with Gasteiger partial charge in [0.1, 0.15) is 13.2 Å². The molecule has 2 aliphatic heterocycles. The molecule has 1 aromatic carbocycles. The maximum Gasteiger partial charge on any atom is 0.238 e. The average molecular weight is 354 g/mol. The first kappa shape index (κ1) is 16.9. The van der Waals surface area contributed by atoms with Crippen LogP contribution in [0.1, 0.15) is 12.8 Å². The Hall–Kier alpha value is -1.99. The Bertz CT molecular complexity index is 652. The van der Waals surface area contributed by atoms with Crippen molar-refractivity contribution in [3.8, 4) is 11.5 Å². The van der Waals surface area contributed by atoms with E-state index >= 15 is 0 Å². The molecule has 1 atom stereocenters. The number of likely N-dealkylation sites (tertiary alicyclic amines) is 1. The Balaban J connectivity index is 1.61. The van der Waals surface area contributed by atoms with E-state index in [1.807, 2.05) is 4.90 Å². The molecule has 0 aliphatic carbocycles. The number of hydrogen-bond donors (Lipinski definition) is 2. The zero-order valence-corrected chi connectivity index (χ0v) is 14.0. The zero-order valence-electron chi connectivity index (χ0n) is 13.2. The first-order valence-corrected chi connectivity index (χ1v) is 8.31. The van der Waals surface area contributed by atoms with Gasteiger partial charge in [0.15, 0.2) is 11.5 Å². The van der Waals surface area contributed by atoms with E-state index in [0.717, 1.165) is 19.4 Å². The highest BCUT2D eigenvalue weighted by molar-refractivity contribution is 6.34. The topological polar surface area (TPSA) is 93.9 Å². The van der Waals surface area contributed by atoms with Crippen molar-refractivity contribution in [2.24, 2.45) is 11.7 Å². The molecule has 3 N–H and O–H groups in total. The summed E-state index contributed by atoms with van der Waals surface area (Å²) in [6.07, 6.45) is 1.63. The molecule has 130 valence electrons. The van der Waals surface area contributed by atoms with Crippen molar-refractivity contribution in [1.29, 1.82) is 0 Å². The Labute approximate surface area is 145 Å². The Morgan fingerprint density at radius 3 is 2.71 bits per heavy atom. The number of halogens is 1. The fraction of sp³-hybridized carbons (Fsp3) is 0.500. The summed E-state index contributed by atoms with van der Waals surface area (Å²) in [6.45, 7) is 2.41. The number of amides is 2. The Morgan fingerprint density at radius 2 is 2.00 bits per heavy atom. The van der Waals surface area contributed by atoms with Gasteiger partial charge in [-0.15, -0.1) is 0 Å². The average Bonchev–Trinajstić information content (AvgIpc) is 2.55. The van der Waals surface area contributed by atoms with Gasteiger partial charge in [-0.1, -0.05) is 11.6 Å². The van der Waals surface area contributed by atoms with Crippen molar-refractivity contribution in [1.82, 2.24) is 4.90 Å². The lowest BCUT2D eigenvalue weighted by atomic mass is 9.97. The van der Waals surface area contributed by atoms with Crippen molar-refractivity contribution in [3.63, 3.8) is 0 Å². The zero-order chi connectivity index (χ0) is 17.1. The van der Waals surface area contributed by atoms with Gasteiger partial charge < -0.3 is 20.5 Å². The van der Waals surface area contributed by atoms with Gasteiger partial charge in [0.05, 0.1) is 23.2 Å². The Morgan fingerprint density at radius 1 is 1.29 bits per heavy atom. The van der Waals surface area contributed by atoms with E-state index in [1.54, 1.807) is 12.1 Å². The van der Waals surface area contributed by atoms with E-state index in [1.165, 1.54) is 0 Å². The van der Waals surface area contributed by atoms with Gasteiger partial charge in [-0.05, 0) is 19.4 Å². The predicted octanol–water partition coefficient (Wildman–Crippen LogP) is 1.25. The number of piperidine rings is 1. The second-order valence-electron chi connectivity index (χ2n) is 6.00. The van der Waals surface area contributed by atoms with Crippen LogP contribution in [0.5, 0.6) is 11.5 Å². The first-order valence-electron chi connectivity index (χ1n) is 7.93. The predicted molar refractivity (Wildman–Crippen MR) is 89.4 cm³/mol. The van der Waals surface area contributed by atoms with Gasteiger partial charge in [0.2, 0.25) is 11.8 Å². The van der Waals surface area contributed by atoms with E-state index in [9.17, 15) is 9.59 Å². The molecule has 1 fully saturated rings. The monoisotopic (exact) mass is 353 g/mol. The fourth-order valence-electron chi connectivity index (χ4n) is 2.98. The number of carbonyl (C=O) groups is 2. The number of rotatable bonds is 4. The quantitative estimate of drug-likeness (QED) is 0.849. The summed E-state index contributed by atoms with van der Waals surface area (Å²) in [7, 11) is 0. The number of fused-ring (bicyclic) bond motifs is 1. The standard InChI is InChI=1S/C16H20ClN3O4/c17-11-6-13-14(24-5-4-23-13)7-12(11)19-15(21)9-20-3-1-2-10(8-20)16(18)22/h6-7,10H,1-5,8-9H2,(H2,18,22)(H,19,21). The largest absolute Gasteiger partial charge is 0.486 e. The number of carbonyl (C=O) groups excluding carboxylic acids is 2. The highest BCUT2D eigenvalue weighted by Gasteiger charge is 2.25. The van der Waals surface area contributed by atoms with Crippen LogP contribution in [0.3, 0.4) is 0 Å². The lowest BCUT2D eigenvalue weighted by Crippen LogP contribution is -2.44. The van der Waals surface area contributed by atoms with Crippen LogP contribution >= 0.6 is 11.6 Å². The lowest BCUT2D eigenvalue weighted by Gasteiger charge is -2.30. The molecule has 8 heteroatoms. The maximum atomic E-state index is 12.3. The molecule has 1 unspecified atom stereocenters. The number of hydrogen-bond acceptors (Lipinski definition) is 5. The number of nitrogens with two attached hydrogens (primary N) is 1. The lowest BCUT2D eigenvalue weighted by molar-refractivity contribution is -0.125. The minimum Gasteiger partial charge on any atom is -0.486 e. The summed E-state index contributed by atoms with van der Waals surface area (Å²) in [5, 5.41) is 3.18. The summed E-state index contributed by atoms with van der Waals surface area (Å²) in [5.41, 5.74) is 5.84. The number of anilines is 1. The van der Waals surface area contributed by atoms with E-state index in [2.05, 4.69) is 5.32 Å². The van der Waals surface area contributed by atoms with E-state index in [0.29, 0.717) is 42.0 Å². The fourth-order valence-corrected chi connectivity index (χ4v) is 3.18. The second-order valence-corrected chi connectivity index (χ2v) is 6.41. The van der Waals surface area contributed by atoms with Gasteiger partial charge >= 0.3 is 0 Å². The molecule has 0 saturated carbocycles. The minimum atomic E-state index is -0.310. The number of nitrogens with zero attached hydrogens (tertiary/aromatic N) is 1. The molecule has 0 radical (unpaired) electrons. The van der Waals surface area contributed by atoms with Crippen molar-refractivity contribution < 1.29 is 19.1 Å². The molecule has 3 rings (SSSR count). The third-order valence-corrected chi connectivity index (χ3v) is 4.49. The van der Waals surface area contributed by atoms with Crippen LogP contribution in [0, 0.1) is 5.92 Å². The van der Waals surface area contributed by atoms with E-state index in [-0.39, 0.29) is 24.3 Å². The molecule has 1 aromatic rings. The van der Waals surface area contributed by atoms with Gasteiger partial charge in [-0.25, -0.2) is 0 Å². The van der Waals surface area contributed by atoms with Gasteiger partial charge in [0.25, 0.3) is 0 Å². The number of benzene rings is 1. The third-order valence-electron chi connectivity index (χ3n) is 4.18. The molecule has 0 aromatic heterocycles. The van der Waals surface area contributed by atoms with Crippen LogP contribution in [0.15, 0.2) is 12.1 Å².